The highest BCUT2D eigenvalue weighted by Gasteiger charge is 2.31. The van der Waals surface area contributed by atoms with Crippen LogP contribution in [0, 0.1) is 11.3 Å². The molecule has 0 aromatic carbocycles. The second-order valence-corrected chi connectivity index (χ2v) is 4.46. The highest BCUT2D eigenvalue weighted by atomic mass is 14.5. The molecule has 1 aliphatic rings. The van der Waals surface area contributed by atoms with Crippen LogP contribution in [0.1, 0.15) is 33.6 Å². The zero-order chi connectivity index (χ0) is 8.48. The average Bonchev–Trinajstić information content (AvgIpc) is 2.07. The van der Waals surface area contributed by atoms with E-state index in [0.717, 1.165) is 5.92 Å². The molecule has 2 N–H and O–H groups in total. The van der Waals surface area contributed by atoms with Crippen LogP contribution in [0.4, 0.5) is 0 Å². The average molecular weight is 153 g/mol. The Hall–Kier alpha value is -0.300. The molecule has 0 bridgehead atoms. The van der Waals surface area contributed by atoms with Gasteiger partial charge in [-0.3, -0.25) is 0 Å². The lowest BCUT2D eigenvalue weighted by atomic mass is 9.91. The van der Waals surface area contributed by atoms with E-state index < -0.39 is 0 Å². The Morgan fingerprint density at radius 2 is 2.27 bits per heavy atom. The molecule has 1 saturated carbocycles. The molecule has 11 heavy (non-hydrogen) atoms. The van der Waals surface area contributed by atoms with Crippen molar-refractivity contribution in [3.05, 3.63) is 11.6 Å². The fourth-order valence-corrected chi connectivity index (χ4v) is 2.18. The zero-order valence-electron chi connectivity index (χ0n) is 7.85. The Kier molecular flexibility index (Phi) is 2.38. The van der Waals surface area contributed by atoms with Gasteiger partial charge in [0.15, 0.2) is 0 Å². The van der Waals surface area contributed by atoms with Gasteiger partial charge >= 0.3 is 0 Å². The van der Waals surface area contributed by atoms with Gasteiger partial charge in [-0.25, -0.2) is 0 Å². The summed E-state index contributed by atoms with van der Waals surface area (Å²) in [5.41, 5.74) is 7.56. The molecule has 1 fully saturated rings. The van der Waals surface area contributed by atoms with Gasteiger partial charge in [-0.2, -0.15) is 0 Å². The van der Waals surface area contributed by atoms with Crippen LogP contribution in [0.3, 0.4) is 0 Å². The van der Waals surface area contributed by atoms with Crippen molar-refractivity contribution in [1.29, 1.82) is 0 Å². The molecule has 1 unspecified atom stereocenters. The molecule has 64 valence electrons. The highest BCUT2D eigenvalue weighted by Crippen LogP contribution is 2.44. The smallest absolute Gasteiger partial charge is 0.0109 e. The van der Waals surface area contributed by atoms with Gasteiger partial charge in [-0.1, -0.05) is 32.4 Å². The topological polar surface area (TPSA) is 26.0 Å². The Bertz CT molecular complexity index is 168. The summed E-state index contributed by atoms with van der Waals surface area (Å²) in [6, 6.07) is 0. The molecular formula is C10H19N. The minimum atomic E-state index is 0.514. The monoisotopic (exact) mass is 153 g/mol. The fourth-order valence-electron chi connectivity index (χ4n) is 2.18. The maximum atomic E-state index is 5.48. The lowest BCUT2D eigenvalue weighted by Crippen LogP contribution is -2.03. The maximum absolute atomic E-state index is 5.48. The van der Waals surface area contributed by atoms with Gasteiger partial charge in [-0.15, -0.1) is 0 Å². The molecule has 0 saturated heterocycles. The first-order valence-electron chi connectivity index (χ1n) is 4.44. The first-order valence-corrected chi connectivity index (χ1v) is 4.44. The number of nitrogens with two attached hydrogens (primary N) is 1. The van der Waals surface area contributed by atoms with E-state index in [1.54, 1.807) is 5.57 Å². The maximum Gasteiger partial charge on any atom is 0.0109 e. The SMILES string of the molecule is CC1CC(C)(C)CC1=CCN. The Balaban J connectivity index is 2.66. The van der Waals surface area contributed by atoms with Crippen molar-refractivity contribution in [1.82, 2.24) is 0 Å². The summed E-state index contributed by atoms with van der Waals surface area (Å²) < 4.78 is 0. The second kappa shape index (κ2) is 2.98. The van der Waals surface area contributed by atoms with Gasteiger partial charge in [-0.05, 0) is 24.2 Å². The molecule has 0 aliphatic heterocycles. The number of hydrogen-bond donors (Lipinski definition) is 1. The highest BCUT2D eigenvalue weighted by molar-refractivity contribution is 5.15. The van der Waals surface area contributed by atoms with Gasteiger partial charge in [0.25, 0.3) is 0 Å². The molecule has 1 aliphatic carbocycles. The summed E-state index contributed by atoms with van der Waals surface area (Å²) in [6.45, 7) is 7.67. The second-order valence-electron chi connectivity index (χ2n) is 4.46. The van der Waals surface area contributed by atoms with E-state index in [-0.39, 0.29) is 0 Å². The Morgan fingerprint density at radius 1 is 1.64 bits per heavy atom. The van der Waals surface area contributed by atoms with Gasteiger partial charge in [0, 0.05) is 6.54 Å². The van der Waals surface area contributed by atoms with Gasteiger partial charge < -0.3 is 5.73 Å². The molecule has 0 heterocycles. The van der Waals surface area contributed by atoms with E-state index in [1.807, 2.05) is 0 Å². The predicted octanol–water partition coefficient (Wildman–Crippen LogP) is 2.33. The van der Waals surface area contributed by atoms with Crippen LogP contribution in [-0.4, -0.2) is 6.54 Å². The summed E-state index contributed by atoms with van der Waals surface area (Å²) in [5, 5.41) is 0. The van der Waals surface area contributed by atoms with Crippen molar-refractivity contribution in [3.8, 4) is 0 Å². The third-order valence-electron chi connectivity index (χ3n) is 2.55. The normalized spacial score (nSPS) is 33.1. The first-order chi connectivity index (χ1) is 5.05. The third kappa shape index (κ3) is 2.06. The van der Waals surface area contributed by atoms with E-state index in [0.29, 0.717) is 12.0 Å². The largest absolute Gasteiger partial charge is 0.327 e. The third-order valence-corrected chi connectivity index (χ3v) is 2.55. The minimum absolute atomic E-state index is 0.514. The Morgan fingerprint density at radius 3 is 2.64 bits per heavy atom. The van der Waals surface area contributed by atoms with Crippen LogP contribution in [0.15, 0.2) is 11.6 Å². The van der Waals surface area contributed by atoms with Crippen molar-refractivity contribution in [3.63, 3.8) is 0 Å². The summed E-state index contributed by atoms with van der Waals surface area (Å²) in [7, 11) is 0. The quantitative estimate of drug-likeness (QED) is 0.575. The summed E-state index contributed by atoms with van der Waals surface area (Å²) >= 11 is 0. The van der Waals surface area contributed by atoms with Crippen LogP contribution in [-0.2, 0) is 0 Å². The zero-order valence-corrected chi connectivity index (χ0v) is 7.85. The van der Waals surface area contributed by atoms with Crippen LogP contribution in [0.2, 0.25) is 0 Å². The number of hydrogen-bond acceptors (Lipinski definition) is 1. The van der Waals surface area contributed by atoms with Gasteiger partial charge in [0.2, 0.25) is 0 Å². The fraction of sp³-hybridized carbons (Fsp3) is 0.800. The van der Waals surface area contributed by atoms with E-state index in [1.165, 1.54) is 12.8 Å². The molecule has 0 radical (unpaired) electrons. The van der Waals surface area contributed by atoms with Crippen molar-refractivity contribution in [2.75, 3.05) is 6.54 Å². The van der Waals surface area contributed by atoms with Crippen molar-refractivity contribution in [2.45, 2.75) is 33.6 Å². The molecule has 0 spiro atoms. The van der Waals surface area contributed by atoms with Crippen LogP contribution < -0.4 is 5.73 Å². The molecule has 1 atom stereocenters. The first kappa shape index (κ1) is 8.79. The van der Waals surface area contributed by atoms with E-state index in [2.05, 4.69) is 26.8 Å². The van der Waals surface area contributed by atoms with Gasteiger partial charge in [0.1, 0.15) is 0 Å². The molecule has 1 rings (SSSR count). The molecule has 0 aromatic rings. The van der Waals surface area contributed by atoms with Crippen molar-refractivity contribution >= 4 is 0 Å². The summed E-state index contributed by atoms with van der Waals surface area (Å²) in [6.07, 6.45) is 4.75. The minimum Gasteiger partial charge on any atom is -0.327 e. The van der Waals surface area contributed by atoms with Crippen molar-refractivity contribution in [2.24, 2.45) is 17.1 Å². The molecule has 1 nitrogen and oxygen atoms in total. The number of allylic oxidation sites excluding steroid dienone is 1. The van der Waals surface area contributed by atoms with E-state index in [9.17, 15) is 0 Å². The standard InChI is InChI=1S/C10H19N/c1-8-6-10(2,3)7-9(8)4-5-11/h4,8H,5-7,11H2,1-3H3. The van der Waals surface area contributed by atoms with E-state index >= 15 is 0 Å². The summed E-state index contributed by atoms with van der Waals surface area (Å²) in [4.78, 5) is 0. The predicted molar refractivity (Wildman–Crippen MR) is 49.3 cm³/mol. The van der Waals surface area contributed by atoms with Crippen LogP contribution in [0.25, 0.3) is 0 Å². The van der Waals surface area contributed by atoms with Crippen LogP contribution >= 0.6 is 0 Å². The lowest BCUT2D eigenvalue weighted by Gasteiger charge is -2.14. The number of rotatable bonds is 1. The molecule has 0 amide bonds. The summed E-state index contributed by atoms with van der Waals surface area (Å²) in [5.74, 6) is 0.758. The van der Waals surface area contributed by atoms with E-state index in [4.69, 9.17) is 5.73 Å². The van der Waals surface area contributed by atoms with Crippen LogP contribution in [0.5, 0.6) is 0 Å². The van der Waals surface area contributed by atoms with Gasteiger partial charge in [0.05, 0.1) is 0 Å². The molecule has 0 aromatic heterocycles. The van der Waals surface area contributed by atoms with Crippen molar-refractivity contribution < 1.29 is 0 Å². The molecule has 1 heteroatoms. The molecular weight excluding hydrogens is 134 g/mol. The lowest BCUT2D eigenvalue weighted by molar-refractivity contribution is 0.367. The Labute approximate surface area is 69.7 Å².